The fourth-order valence-corrected chi connectivity index (χ4v) is 4.67. The molecule has 3 heterocycles. The number of rotatable bonds is 5. The Hall–Kier alpha value is -0.310. The van der Waals surface area contributed by atoms with E-state index in [1.54, 1.807) is 24.3 Å². The van der Waals surface area contributed by atoms with Crippen molar-refractivity contribution >= 4 is 86.6 Å². The molecular formula is C15H17Cl4N3OS2. The maximum atomic E-state index is 10.2. The van der Waals surface area contributed by atoms with E-state index in [1.807, 2.05) is 11.4 Å². The summed E-state index contributed by atoms with van der Waals surface area (Å²) in [6, 6.07) is 5.42. The molecule has 0 saturated heterocycles. The van der Waals surface area contributed by atoms with E-state index in [4.69, 9.17) is 28.9 Å². The Morgan fingerprint density at radius 2 is 2.08 bits per heavy atom. The van der Waals surface area contributed by atoms with Crippen LogP contribution in [0.1, 0.15) is 22.8 Å². The van der Waals surface area contributed by atoms with Crippen molar-refractivity contribution in [3.63, 3.8) is 0 Å². The molecule has 138 valence electrons. The van der Waals surface area contributed by atoms with Gasteiger partial charge in [-0.05, 0) is 18.4 Å². The van der Waals surface area contributed by atoms with Crippen LogP contribution in [-0.4, -0.2) is 16.1 Å². The van der Waals surface area contributed by atoms with Gasteiger partial charge in [-0.15, -0.1) is 47.5 Å². The van der Waals surface area contributed by atoms with Crippen molar-refractivity contribution in [2.75, 3.05) is 5.32 Å². The molecule has 2 atom stereocenters. The second-order valence-corrected chi connectivity index (χ2v) is 8.04. The summed E-state index contributed by atoms with van der Waals surface area (Å²) in [5.41, 5.74) is 7.23. The first-order valence-corrected chi connectivity index (χ1v) is 9.41. The van der Waals surface area contributed by atoms with Gasteiger partial charge in [-0.3, -0.25) is 0 Å². The van der Waals surface area contributed by atoms with Crippen LogP contribution in [0.15, 0.2) is 23.6 Å². The van der Waals surface area contributed by atoms with Crippen LogP contribution in [0.4, 0.5) is 5.69 Å². The van der Waals surface area contributed by atoms with Crippen LogP contribution in [0, 0.1) is 0 Å². The number of fused-ring (bicyclic) bond motifs is 1. The smallest absolute Gasteiger partial charge is 0.131 e. The van der Waals surface area contributed by atoms with Crippen molar-refractivity contribution < 1.29 is 5.11 Å². The highest BCUT2D eigenvalue weighted by Gasteiger charge is 2.23. The summed E-state index contributed by atoms with van der Waals surface area (Å²) < 4.78 is 0.866. The van der Waals surface area contributed by atoms with Gasteiger partial charge in [-0.1, -0.05) is 29.3 Å². The lowest BCUT2D eigenvalue weighted by Gasteiger charge is -2.12. The van der Waals surface area contributed by atoms with Crippen molar-refractivity contribution in [1.29, 1.82) is 0 Å². The van der Waals surface area contributed by atoms with Gasteiger partial charge in [0.05, 0.1) is 20.3 Å². The Bertz CT molecular complexity index is 824. The van der Waals surface area contributed by atoms with Crippen molar-refractivity contribution in [3.8, 4) is 0 Å². The molecule has 4 N–H and O–H groups in total. The summed E-state index contributed by atoms with van der Waals surface area (Å²) in [6.07, 6.45) is -0.828. The van der Waals surface area contributed by atoms with Crippen LogP contribution >= 0.6 is 70.7 Å². The van der Waals surface area contributed by atoms with E-state index >= 15 is 0 Å². The maximum Gasteiger partial charge on any atom is 0.131 e. The van der Waals surface area contributed by atoms with Crippen molar-refractivity contribution in [3.05, 3.63) is 43.5 Å². The number of nitrogens with two attached hydrogens (primary N) is 1. The van der Waals surface area contributed by atoms with Crippen molar-refractivity contribution in [1.82, 2.24) is 4.98 Å². The van der Waals surface area contributed by atoms with E-state index < -0.39 is 12.1 Å². The third kappa shape index (κ3) is 4.90. The Labute approximate surface area is 176 Å². The second kappa shape index (κ2) is 9.58. The van der Waals surface area contributed by atoms with Crippen molar-refractivity contribution in [2.45, 2.75) is 25.6 Å². The Balaban J connectivity index is 0.00000156. The molecular weight excluding hydrogens is 444 g/mol. The molecule has 0 aliphatic carbocycles. The van der Waals surface area contributed by atoms with E-state index in [0.717, 1.165) is 10.4 Å². The number of nitrogens with zero attached hydrogens (tertiary/aromatic N) is 1. The minimum absolute atomic E-state index is 0. The number of aliphatic hydroxyl groups is 1. The number of hydrogen-bond donors (Lipinski definition) is 3. The lowest BCUT2D eigenvalue weighted by molar-refractivity contribution is 0.157. The predicted molar refractivity (Wildman–Crippen MR) is 114 cm³/mol. The number of halogens is 4. The fourth-order valence-electron chi connectivity index (χ4n) is 2.18. The third-order valence-corrected chi connectivity index (χ3v) is 6.23. The molecule has 3 aromatic rings. The molecule has 25 heavy (non-hydrogen) atoms. The summed E-state index contributed by atoms with van der Waals surface area (Å²) in [5, 5.41) is 16.4. The van der Waals surface area contributed by atoms with E-state index in [1.165, 1.54) is 16.2 Å². The largest absolute Gasteiger partial charge is 0.386 e. The maximum absolute atomic E-state index is 10.2. The molecule has 0 amide bonds. The van der Waals surface area contributed by atoms with E-state index in [0.29, 0.717) is 27.1 Å². The Kier molecular flexibility index (Phi) is 8.71. The SMILES string of the molecule is C[C@H](N)C(O)c1sc2c(NCc3cccs3)cc(Cl)nc2c1Cl.Cl.Cl. The molecule has 0 fully saturated rings. The number of pyridine rings is 1. The number of thiophene rings is 2. The zero-order chi connectivity index (χ0) is 16.6. The van der Waals surface area contributed by atoms with Gasteiger partial charge in [-0.25, -0.2) is 4.98 Å². The molecule has 1 unspecified atom stereocenters. The van der Waals surface area contributed by atoms with E-state index in [2.05, 4.69) is 16.4 Å². The average molecular weight is 461 g/mol. The molecule has 10 heteroatoms. The van der Waals surface area contributed by atoms with Crippen LogP contribution in [0.3, 0.4) is 0 Å². The molecule has 0 radical (unpaired) electrons. The van der Waals surface area contributed by atoms with Gasteiger partial charge in [-0.2, -0.15) is 0 Å². The van der Waals surface area contributed by atoms with Gasteiger partial charge in [0.25, 0.3) is 0 Å². The van der Waals surface area contributed by atoms with Crippen LogP contribution in [0.2, 0.25) is 10.2 Å². The normalized spacial score (nSPS) is 13.0. The number of hydrogen-bond acceptors (Lipinski definition) is 6. The summed E-state index contributed by atoms with van der Waals surface area (Å²) in [6.45, 7) is 2.43. The molecule has 0 saturated carbocycles. The predicted octanol–water partition coefficient (Wildman–Crippen LogP) is 5.50. The summed E-state index contributed by atoms with van der Waals surface area (Å²) in [7, 11) is 0. The highest BCUT2D eigenvalue weighted by atomic mass is 35.5. The molecule has 0 spiro atoms. The van der Waals surface area contributed by atoms with Gasteiger partial charge < -0.3 is 16.2 Å². The highest BCUT2D eigenvalue weighted by Crippen LogP contribution is 2.42. The van der Waals surface area contributed by atoms with Gasteiger partial charge in [0.2, 0.25) is 0 Å². The quantitative estimate of drug-likeness (QED) is 0.439. The van der Waals surface area contributed by atoms with E-state index in [-0.39, 0.29) is 24.8 Å². The Morgan fingerprint density at radius 1 is 1.36 bits per heavy atom. The molecule has 0 aliphatic heterocycles. The highest BCUT2D eigenvalue weighted by molar-refractivity contribution is 7.20. The summed E-state index contributed by atoms with van der Waals surface area (Å²) in [5.74, 6) is 0. The molecule has 3 aromatic heterocycles. The topological polar surface area (TPSA) is 71.2 Å². The van der Waals surface area contributed by atoms with Crippen LogP contribution in [-0.2, 0) is 6.54 Å². The molecule has 3 rings (SSSR count). The summed E-state index contributed by atoms with van der Waals surface area (Å²) >= 11 is 15.6. The molecule has 4 nitrogen and oxygen atoms in total. The number of aliphatic hydroxyl groups excluding tert-OH is 1. The number of anilines is 1. The second-order valence-electron chi connectivity index (χ2n) is 5.19. The van der Waals surface area contributed by atoms with Crippen LogP contribution < -0.4 is 11.1 Å². The van der Waals surface area contributed by atoms with Crippen molar-refractivity contribution in [2.24, 2.45) is 5.73 Å². The minimum atomic E-state index is -0.828. The number of nitrogens with one attached hydrogen (secondary N) is 1. The van der Waals surface area contributed by atoms with Crippen LogP contribution in [0.25, 0.3) is 10.2 Å². The third-order valence-electron chi connectivity index (χ3n) is 3.38. The van der Waals surface area contributed by atoms with Gasteiger partial charge in [0, 0.05) is 23.5 Å². The standard InChI is InChI=1S/C15H15Cl2N3OS2.2ClH/c1-7(18)13(21)15-11(17)12-14(23-15)9(5-10(16)20-12)19-6-8-3-2-4-22-8;;/h2-5,7,13,21H,6,18H2,1H3,(H,19,20);2*1H/t7-,13?;;/m0../s1. The Morgan fingerprint density at radius 3 is 2.68 bits per heavy atom. The number of aromatic nitrogens is 1. The summed E-state index contributed by atoms with van der Waals surface area (Å²) in [4.78, 5) is 6.13. The lowest BCUT2D eigenvalue weighted by atomic mass is 10.1. The molecule has 0 bridgehead atoms. The van der Waals surface area contributed by atoms with Gasteiger partial charge in [0.1, 0.15) is 16.8 Å². The average Bonchev–Trinajstić information content (AvgIpc) is 3.13. The first-order valence-electron chi connectivity index (χ1n) is 6.95. The fraction of sp³-hybridized carbons (Fsp3) is 0.267. The molecule has 0 aliphatic rings. The molecule has 0 aromatic carbocycles. The van der Waals surface area contributed by atoms with Gasteiger partial charge >= 0.3 is 0 Å². The van der Waals surface area contributed by atoms with E-state index in [9.17, 15) is 5.11 Å². The lowest BCUT2D eigenvalue weighted by Crippen LogP contribution is -2.23. The minimum Gasteiger partial charge on any atom is -0.386 e. The zero-order valence-corrected chi connectivity index (χ0v) is 17.8. The first kappa shape index (κ1) is 22.7. The monoisotopic (exact) mass is 459 g/mol. The zero-order valence-electron chi connectivity index (χ0n) is 13.0. The first-order chi connectivity index (χ1) is 11.0. The van der Waals surface area contributed by atoms with Gasteiger partial charge in [0.15, 0.2) is 0 Å². The van der Waals surface area contributed by atoms with Crippen LogP contribution in [0.5, 0.6) is 0 Å².